The molecule has 8 nitrogen and oxygen atoms in total. The third-order valence-corrected chi connectivity index (χ3v) is 2.90. The average molecular weight is 298 g/mol. The number of fused-ring (bicyclic) bond motifs is 1. The van der Waals surface area contributed by atoms with Gasteiger partial charge in [-0.25, -0.2) is 0 Å². The molecule has 0 radical (unpaired) electrons. The van der Waals surface area contributed by atoms with E-state index in [1.807, 2.05) is 6.92 Å². The Morgan fingerprint density at radius 3 is 2.95 bits per heavy atom. The minimum absolute atomic E-state index is 0.194. The fourth-order valence-electron chi connectivity index (χ4n) is 1.90. The standard InChI is InChI=1S/C14H14N6O2/c1-2-22-13-7-6-11-17-18-12(20(11)19-13)9-16-14(21)10-5-3-4-8-15-10/h3-8H,2,9H2,1H3,(H,16,21). The van der Waals surface area contributed by atoms with Crippen LogP contribution in [0.5, 0.6) is 5.88 Å². The Morgan fingerprint density at radius 1 is 1.27 bits per heavy atom. The lowest BCUT2D eigenvalue weighted by Crippen LogP contribution is -2.25. The summed E-state index contributed by atoms with van der Waals surface area (Å²) >= 11 is 0. The molecule has 112 valence electrons. The summed E-state index contributed by atoms with van der Waals surface area (Å²) in [5.41, 5.74) is 0.935. The molecule has 0 aromatic carbocycles. The first-order chi connectivity index (χ1) is 10.8. The first-order valence-corrected chi connectivity index (χ1v) is 6.81. The smallest absolute Gasteiger partial charge is 0.270 e. The number of ether oxygens (including phenoxy) is 1. The topological polar surface area (TPSA) is 94.3 Å². The minimum atomic E-state index is -0.279. The number of nitrogens with one attached hydrogen (secondary N) is 1. The van der Waals surface area contributed by atoms with Crippen LogP contribution in [0.3, 0.4) is 0 Å². The molecule has 22 heavy (non-hydrogen) atoms. The maximum absolute atomic E-state index is 12.0. The zero-order valence-electron chi connectivity index (χ0n) is 11.9. The van der Waals surface area contributed by atoms with Crippen molar-refractivity contribution in [2.24, 2.45) is 0 Å². The van der Waals surface area contributed by atoms with Gasteiger partial charge in [0.05, 0.1) is 13.2 Å². The molecule has 3 aromatic rings. The molecule has 0 aliphatic heterocycles. The van der Waals surface area contributed by atoms with Gasteiger partial charge in [-0.1, -0.05) is 6.07 Å². The number of rotatable bonds is 5. The number of aromatic nitrogens is 5. The fraction of sp³-hybridized carbons (Fsp3) is 0.214. The molecule has 0 saturated heterocycles. The Labute approximate surface area is 126 Å². The lowest BCUT2D eigenvalue weighted by atomic mass is 10.3. The minimum Gasteiger partial charge on any atom is -0.477 e. The summed E-state index contributed by atoms with van der Waals surface area (Å²) in [4.78, 5) is 16.0. The highest BCUT2D eigenvalue weighted by Gasteiger charge is 2.11. The average Bonchev–Trinajstić information content (AvgIpc) is 2.96. The predicted molar refractivity (Wildman–Crippen MR) is 77.4 cm³/mol. The SMILES string of the molecule is CCOc1ccc2nnc(CNC(=O)c3ccccn3)n2n1. The van der Waals surface area contributed by atoms with Gasteiger partial charge in [-0.05, 0) is 25.1 Å². The second kappa shape index (κ2) is 6.17. The number of amides is 1. The molecule has 3 aromatic heterocycles. The molecule has 1 N–H and O–H groups in total. The molecule has 8 heteroatoms. The van der Waals surface area contributed by atoms with Crippen LogP contribution in [-0.2, 0) is 6.54 Å². The first kappa shape index (κ1) is 13.9. The van der Waals surface area contributed by atoms with Crippen molar-refractivity contribution in [2.75, 3.05) is 6.61 Å². The van der Waals surface area contributed by atoms with Gasteiger partial charge in [0.25, 0.3) is 5.91 Å². The van der Waals surface area contributed by atoms with E-state index in [2.05, 4.69) is 25.6 Å². The van der Waals surface area contributed by atoms with Gasteiger partial charge in [0.1, 0.15) is 5.69 Å². The van der Waals surface area contributed by atoms with E-state index in [-0.39, 0.29) is 12.5 Å². The van der Waals surface area contributed by atoms with E-state index in [9.17, 15) is 4.79 Å². The summed E-state index contributed by atoms with van der Waals surface area (Å²) in [6.45, 7) is 2.59. The fourth-order valence-corrected chi connectivity index (χ4v) is 1.90. The first-order valence-electron chi connectivity index (χ1n) is 6.81. The summed E-state index contributed by atoms with van der Waals surface area (Å²) in [6.07, 6.45) is 1.57. The number of carbonyl (C=O) groups is 1. The highest BCUT2D eigenvalue weighted by atomic mass is 16.5. The second-order valence-corrected chi connectivity index (χ2v) is 4.39. The molecule has 0 saturated carbocycles. The van der Waals surface area contributed by atoms with Crippen molar-refractivity contribution in [2.45, 2.75) is 13.5 Å². The maximum atomic E-state index is 12.0. The molecule has 0 fully saturated rings. The van der Waals surface area contributed by atoms with Crippen molar-refractivity contribution in [1.82, 2.24) is 30.1 Å². The number of hydrogen-bond acceptors (Lipinski definition) is 6. The molecule has 0 unspecified atom stereocenters. The van der Waals surface area contributed by atoms with Gasteiger partial charge in [0.2, 0.25) is 5.88 Å². The van der Waals surface area contributed by atoms with Crippen LogP contribution in [0.25, 0.3) is 5.65 Å². The van der Waals surface area contributed by atoms with Crippen molar-refractivity contribution in [3.63, 3.8) is 0 Å². The van der Waals surface area contributed by atoms with E-state index in [0.717, 1.165) is 0 Å². The van der Waals surface area contributed by atoms with Gasteiger partial charge in [-0.15, -0.1) is 15.3 Å². The second-order valence-electron chi connectivity index (χ2n) is 4.39. The van der Waals surface area contributed by atoms with Crippen LogP contribution in [0.1, 0.15) is 23.2 Å². The summed E-state index contributed by atoms with van der Waals surface area (Å²) < 4.78 is 6.89. The molecule has 0 spiro atoms. The van der Waals surface area contributed by atoms with Crippen LogP contribution in [0.4, 0.5) is 0 Å². The monoisotopic (exact) mass is 298 g/mol. The summed E-state index contributed by atoms with van der Waals surface area (Å²) in [5.74, 6) is 0.714. The Kier molecular flexibility index (Phi) is 3.90. The lowest BCUT2D eigenvalue weighted by molar-refractivity contribution is 0.0944. The van der Waals surface area contributed by atoms with Gasteiger partial charge >= 0.3 is 0 Å². The van der Waals surface area contributed by atoms with E-state index in [1.54, 1.807) is 41.0 Å². The van der Waals surface area contributed by atoms with E-state index in [0.29, 0.717) is 29.7 Å². The molecule has 3 heterocycles. The Morgan fingerprint density at radius 2 is 2.18 bits per heavy atom. The highest BCUT2D eigenvalue weighted by molar-refractivity contribution is 5.92. The van der Waals surface area contributed by atoms with Gasteiger partial charge in [-0.3, -0.25) is 9.78 Å². The van der Waals surface area contributed by atoms with Crippen molar-refractivity contribution < 1.29 is 9.53 Å². The van der Waals surface area contributed by atoms with Crippen LogP contribution in [0.2, 0.25) is 0 Å². The van der Waals surface area contributed by atoms with E-state index in [1.165, 1.54) is 0 Å². The van der Waals surface area contributed by atoms with E-state index < -0.39 is 0 Å². The highest BCUT2D eigenvalue weighted by Crippen LogP contribution is 2.09. The van der Waals surface area contributed by atoms with E-state index in [4.69, 9.17) is 4.74 Å². The third kappa shape index (κ3) is 2.85. The van der Waals surface area contributed by atoms with Crippen molar-refractivity contribution in [1.29, 1.82) is 0 Å². The molecule has 0 aliphatic rings. The summed E-state index contributed by atoms with van der Waals surface area (Å²) in [5, 5.41) is 15.0. The number of hydrogen-bond donors (Lipinski definition) is 1. The molecule has 0 atom stereocenters. The van der Waals surface area contributed by atoms with Crippen molar-refractivity contribution >= 4 is 11.6 Å². The van der Waals surface area contributed by atoms with Crippen LogP contribution in [0.15, 0.2) is 36.5 Å². The molecule has 1 amide bonds. The Balaban J connectivity index is 1.76. The zero-order valence-corrected chi connectivity index (χ0v) is 11.9. The van der Waals surface area contributed by atoms with Gasteiger partial charge in [-0.2, -0.15) is 4.52 Å². The lowest BCUT2D eigenvalue weighted by Gasteiger charge is -2.04. The van der Waals surface area contributed by atoms with Crippen LogP contribution < -0.4 is 10.1 Å². The molecule has 3 rings (SSSR count). The van der Waals surface area contributed by atoms with Crippen LogP contribution in [0, 0.1) is 0 Å². The summed E-state index contributed by atoms with van der Waals surface area (Å²) in [7, 11) is 0. The van der Waals surface area contributed by atoms with Gasteiger partial charge in [0.15, 0.2) is 11.5 Å². The number of pyridine rings is 1. The Hall–Kier alpha value is -3.03. The maximum Gasteiger partial charge on any atom is 0.270 e. The zero-order chi connectivity index (χ0) is 15.4. The number of nitrogens with zero attached hydrogens (tertiary/aromatic N) is 5. The third-order valence-electron chi connectivity index (χ3n) is 2.90. The van der Waals surface area contributed by atoms with E-state index >= 15 is 0 Å². The van der Waals surface area contributed by atoms with Crippen molar-refractivity contribution in [3.8, 4) is 5.88 Å². The largest absolute Gasteiger partial charge is 0.477 e. The predicted octanol–water partition coefficient (Wildman–Crippen LogP) is 0.848. The van der Waals surface area contributed by atoms with Crippen LogP contribution in [-0.4, -0.2) is 37.3 Å². The van der Waals surface area contributed by atoms with Gasteiger partial charge < -0.3 is 10.1 Å². The quantitative estimate of drug-likeness (QED) is 0.750. The van der Waals surface area contributed by atoms with Gasteiger partial charge in [0, 0.05) is 12.3 Å². The molecule has 0 bridgehead atoms. The molecular formula is C14H14N6O2. The number of carbonyl (C=O) groups excluding carboxylic acids is 1. The summed E-state index contributed by atoms with van der Waals surface area (Å²) in [6, 6.07) is 8.63. The normalized spacial score (nSPS) is 10.6. The molecule has 0 aliphatic carbocycles. The van der Waals surface area contributed by atoms with Crippen LogP contribution >= 0.6 is 0 Å². The Bertz CT molecular complexity index is 786. The molecular weight excluding hydrogens is 284 g/mol. The van der Waals surface area contributed by atoms with Crippen molar-refractivity contribution in [3.05, 3.63) is 48.0 Å².